The summed E-state index contributed by atoms with van der Waals surface area (Å²) >= 11 is 3.21. The molecular formula is C15H12BrFO3. The molecule has 0 atom stereocenters. The molecule has 2 aromatic carbocycles. The van der Waals surface area contributed by atoms with Crippen LogP contribution in [-0.2, 0) is 18.0 Å². The van der Waals surface area contributed by atoms with Gasteiger partial charge in [-0.3, -0.25) is 0 Å². The van der Waals surface area contributed by atoms with E-state index in [-0.39, 0.29) is 19.0 Å². The molecule has 0 aliphatic heterocycles. The van der Waals surface area contributed by atoms with Gasteiger partial charge in [0.05, 0.1) is 12.2 Å². The van der Waals surface area contributed by atoms with Gasteiger partial charge >= 0.3 is 5.97 Å². The summed E-state index contributed by atoms with van der Waals surface area (Å²) in [4.78, 5) is 11.8. The first-order valence-corrected chi connectivity index (χ1v) is 6.70. The Labute approximate surface area is 124 Å². The van der Waals surface area contributed by atoms with E-state index in [0.717, 1.165) is 5.56 Å². The number of halogens is 2. The van der Waals surface area contributed by atoms with Crippen LogP contribution in [0.15, 0.2) is 46.9 Å². The van der Waals surface area contributed by atoms with Gasteiger partial charge in [0.1, 0.15) is 12.4 Å². The summed E-state index contributed by atoms with van der Waals surface area (Å²) < 4.78 is 18.6. The van der Waals surface area contributed by atoms with Crippen molar-refractivity contribution < 1.29 is 19.0 Å². The van der Waals surface area contributed by atoms with Crippen molar-refractivity contribution in [2.45, 2.75) is 13.2 Å². The van der Waals surface area contributed by atoms with Crippen LogP contribution in [0.3, 0.4) is 0 Å². The lowest BCUT2D eigenvalue weighted by atomic mass is 10.1. The van der Waals surface area contributed by atoms with Gasteiger partial charge in [0.25, 0.3) is 0 Å². The van der Waals surface area contributed by atoms with Crippen LogP contribution in [0.4, 0.5) is 4.39 Å². The van der Waals surface area contributed by atoms with Crippen LogP contribution in [-0.4, -0.2) is 11.1 Å². The Morgan fingerprint density at radius 1 is 1.20 bits per heavy atom. The average molecular weight is 339 g/mol. The van der Waals surface area contributed by atoms with Gasteiger partial charge in [-0.1, -0.05) is 34.1 Å². The largest absolute Gasteiger partial charge is 0.457 e. The smallest absolute Gasteiger partial charge is 0.338 e. The first-order chi connectivity index (χ1) is 9.60. The van der Waals surface area contributed by atoms with Gasteiger partial charge in [0, 0.05) is 10.0 Å². The van der Waals surface area contributed by atoms with E-state index >= 15 is 0 Å². The van der Waals surface area contributed by atoms with Gasteiger partial charge in [-0.2, -0.15) is 0 Å². The third-order valence-electron chi connectivity index (χ3n) is 2.75. The molecule has 20 heavy (non-hydrogen) atoms. The molecule has 2 rings (SSSR count). The predicted molar refractivity (Wildman–Crippen MR) is 75.6 cm³/mol. The third kappa shape index (κ3) is 3.65. The van der Waals surface area contributed by atoms with Crippen molar-refractivity contribution in [1.29, 1.82) is 0 Å². The molecule has 5 heteroatoms. The molecule has 0 amide bonds. The fraction of sp³-hybridized carbons (Fsp3) is 0.133. The Balaban J connectivity index is 2.00. The van der Waals surface area contributed by atoms with Crippen LogP contribution < -0.4 is 0 Å². The second kappa shape index (κ2) is 6.63. The van der Waals surface area contributed by atoms with Gasteiger partial charge < -0.3 is 9.84 Å². The lowest BCUT2D eigenvalue weighted by Gasteiger charge is -2.07. The number of aliphatic hydroxyl groups excluding tert-OH is 1. The molecule has 0 bridgehead atoms. The Morgan fingerprint density at radius 3 is 2.50 bits per heavy atom. The lowest BCUT2D eigenvalue weighted by molar-refractivity contribution is 0.0472. The molecule has 0 aromatic heterocycles. The lowest BCUT2D eigenvalue weighted by Crippen LogP contribution is -2.05. The number of carbonyl (C=O) groups excluding carboxylic acids is 1. The summed E-state index contributed by atoms with van der Waals surface area (Å²) in [5.41, 5.74) is 1.81. The standard InChI is InChI=1S/C15H12BrFO3/c16-14-7-13(17)6-5-12(14)9-20-15(19)11-3-1-10(8-18)2-4-11/h1-7,18H,8-9H2. The summed E-state index contributed by atoms with van der Waals surface area (Å²) in [6.07, 6.45) is 0. The SMILES string of the molecule is O=C(OCc1ccc(F)cc1Br)c1ccc(CO)cc1. The molecule has 0 spiro atoms. The van der Waals surface area contributed by atoms with Crippen molar-refractivity contribution in [1.82, 2.24) is 0 Å². The minimum Gasteiger partial charge on any atom is -0.457 e. The summed E-state index contributed by atoms with van der Waals surface area (Å²) in [5, 5.41) is 8.92. The number of rotatable bonds is 4. The third-order valence-corrected chi connectivity index (χ3v) is 3.48. The normalized spacial score (nSPS) is 10.3. The van der Waals surface area contributed by atoms with Crippen LogP contribution in [0.5, 0.6) is 0 Å². The maximum absolute atomic E-state index is 12.9. The van der Waals surface area contributed by atoms with Crippen molar-refractivity contribution in [3.05, 3.63) is 69.4 Å². The summed E-state index contributed by atoms with van der Waals surface area (Å²) in [7, 11) is 0. The molecule has 0 radical (unpaired) electrons. The maximum atomic E-state index is 12.9. The molecular weight excluding hydrogens is 327 g/mol. The van der Waals surface area contributed by atoms with Gasteiger partial charge in [-0.15, -0.1) is 0 Å². The molecule has 1 N–H and O–H groups in total. The Hall–Kier alpha value is -1.72. The predicted octanol–water partition coefficient (Wildman–Crippen LogP) is 3.44. The summed E-state index contributed by atoms with van der Waals surface area (Å²) in [6, 6.07) is 10.7. The Bertz CT molecular complexity index is 611. The Morgan fingerprint density at radius 2 is 1.90 bits per heavy atom. The number of benzene rings is 2. The molecule has 0 heterocycles. The van der Waals surface area contributed by atoms with Gasteiger partial charge in [-0.25, -0.2) is 9.18 Å². The fourth-order valence-corrected chi connectivity index (χ4v) is 2.08. The van der Waals surface area contributed by atoms with E-state index < -0.39 is 5.97 Å². The zero-order chi connectivity index (χ0) is 14.5. The molecule has 0 aliphatic carbocycles. The molecule has 0 unspecified atom stereocenters. The number of aliphatic hydroxyl groups is 1. The van der Waals surface area contributed by atoms with Crippen molar-refractivity contribution in [2.24, 2.45) is 0 Å². The van der Waals surface area contributed by atoms with Crippen LogP contribution in [0.1, 0.15) is 21.5 Å². The van der Waals surface area contributed by atoms with E-state index in [1.54, 1.807) is 30.3 Å². The van der Waals surface area contributed by atoms with E-state index in [4.69, 9.17) is 9.84 Å². The minimum atomic E-state index is -0.467. The highest BCUT2D eigenvalue weighted by molar-refractivity contribution is 9.10. The minimum absolute atomic E-state index is 0.0570. The highest BCUT2D eigenvalue weighted by Crippen LogP contribution is 2.19. The number of carbonyl (C=O) groups is 1. The molecule has 0 aliphatic rings. The molecule has 3 nitrogen and oxygen atoms in total. The molecule has 0 saturated carbocycles. The van der Waals surface area contributed by atoms with Crippen molar-refractivity contribution in [3.8, 4) is 0 Å². The van der Waals surface area contributed by atoms with E-state index in [9.17, 15) is 9.18 Å². The topological polar surface area (TPSA) is 46.5 Å². The molecule has 2 aromatic rings. The quantitative estimate of drug-likeness (QED) is 0.868. The fourth-order valence-electron chi connectivity index (χ4n) is 1.61. The Kier molecular flexibility index (Phi) is 4.87. The van der Waals surface area contributed by atoms with Crippen LogP contribution in [0.2, 0.25) is 0 Å². The average Bonchev–Trinajstić information content (AvgIpc) is 2.46. The molecule has 0 fully saturated rings. The van der Waals surface area contributed by atoms with E-state index in [2.05, 4.69) is 15.9 Å². The number of ether oxygens (including phenoxy) is 1. The second-order valence-electron chi connectivity index (χ2n) is 4.17. The number of esters is 1. The first kappa shape index (κ1) is 14.7. The van der Waals surface area contributed by atoms with Gasteiger partial charge in [0.2, 0.25) is 0 Å². The van der Waals surface area contributed by atoms with Crippen molar-refractivity contribution >= 4 is 21.9 Å². The monoisotopic (exact) mass is 338 g/mol. The zero-order valence-corrected chi connectivity index (χ0v) is 12.1. The van der Waals surface area contributed by atoms with Gasteiger partial charge in [0.15, 0.2) is 0 Å². The van der Waals surface area contributed by atoms with Crippen molar-refractivity contribution in [3.63, 3.8) is 0 Å². The number of hydrogen-bond acceptors (Lipinski definition) is 3. The van der Waals surface area contributed by atoms with Gasteiger partial charge in [-0.05, 0) is 29.8 Å². The van der Waals surface area contributed by atoms with Crippen LogP contribution in [0.25, 0.3) is 0 Å². The molecule has 104 valence electrons. The molecule has 0 saturated heterocycles. The zero-order valence-electron chi connectivity index (χ0n) is 10.5. The van der Waals surface area contributed by atoms with E-state index in [1.165, 1.54) is 12.1 Å². The highest BCUT2D eigenvalue weighted by Gasteiger charge is 2.09. The van der Waals surface area contributed by atoms with E-state index in [1.807, 2.05) is 0 Å². The summed E-state index contributed by atoms with van der Waals surface area (Å²) in [5.74, 6) is -0.822. The van der Waals surface area contributed by atoms with Crippen LogP contribution in [0, 0.1) is 5.82 Å². The maximum Gasteiger partial charge on any atom is 0.338 e. The van der Waals surface area contributed by atoms with E-state index in [0.29, 0.717) is 15.6 Å². The number of hydrogen-bond donors (Lipinski definition) is 1. The van der Waals surface area contributed by atoms with Crippen molar-refractivity contribution in [2.75, 3.05) is 0 Å². The second-order valence-corrected chi connectivity index (χ2v) is 5.02. The summed E-state index contributed by atoms with van der Waals surface area (Å²) in [6.45, 7) is -0.0146. The van der Waals surface area contributed by atoms with Crippen LogP contribution >= 0.6 is 15.9 Å². The first-order valence-electron chi connectivity index (χ1n) is 5.91. The highest BCUT2D eigenvalue weighted by atomic mass is 79.9.